The van der Waals surface area contributed by atoms with E-state index >= 15 is 0 Å². The molecule has 0 spiro atoms. The van der Waals surface area contributed by atoms with Crippen molar-refractivity contribution in [3.63, 3.8) is 0 Å². The summed E-state index contributed by atoms with van der Waals surface area (Å²) < 4.78 is 17.6. The third kappa shape index (κ3) is 6.01. The highest BCUT2D eigenvalue weighted by Crippen LogP contribution is 2.38. The quantitative estimate of drug-likeness (QED) is 0.284. The van der Waals surface area contributed by atoms with Crippen molar-refractivity contribution < 1.29 is 14.0 Å². The van der Waals surface area contributed by atoms with E-state index in [0.29, 0.717) is 4.88 Å². The molecule has 0 saturated carbocycles. The zero-order chi connectivity index (χ0) is 15.0. The van der Waals surface area contributed by atoms with Crippen LogP contribution in [0.4, 0.5) is 5.13 Å². The molecule has 0 fully saturated rings. The lowest BCUT2D eigenvalue weighted by atomic mass is 10.6. The third-order valence-electron chi connectivity index (χ3n) is 1.92. The fraction of sp³-hybridized carbons (Fsp3) is 0.625. The smallest absolute Gasteiger partial charge is 0.357 e. The normalized spacial score (nSPS) is 11.7. The van der Waals surface area contributed by atoms with Gasteiger partial charge in [0.1, 0.15) is 0 Å². The highest BCUT2D eigenvalue weighted by Gasteiger charge is 2.23. The molecule has 0 bridgehead atoms. The Hall–Kier alpha value is -0.280. The second kappa shape index (κ2) is 8.89. The van der Waals surface area contributed by atoms with Gasteiger partial charge in [-0.1, -0.05) is 0 Å². The molecule has 0 unspecified atom stereocenters. The topological polar surface area (TPSA) is 106 Å². The SMILES string of the molecule is O=[N+]([O-])c1ncc(COP(=O)(NCCCl)NCCCl)s1. The molecule has 0 atom stereocenters. The molecule has 0 radical (unpaired) electrons. The molecule has 8 nitrogen and oxygen atoms in total. The molecule has 1 aromatic rings. The van der Waals surface area contributed by atoms with Gasteiger partial charge in [0.25, 0.3) is 0 Å². The number of nitrogens with one attached hydrogen (secondary N) is 2. The first-order valence-corrected chi connectivity index (χ1v) is 8.97. The highest BCUT2D eigenvalue weighted by molar-refractivity contribution is 7.54. The van der Waals surface area contributed by atoms with E-state index in [2.05, 4.69) is 15.2 Å². The first-order valence-electron chi connectivity index (χ1n) is 5.46. The van der Waals surface area contributed by atoms with Gasteiger partial charge in [0, 0.05) is 24.8 Å². The monoisotopic (exact) mass is 362 g/mol. The summed E-state index contributed by atoms with van der Waals surface area (Å²) >= 11 is 11.9. The molecule has 1 aromatic heterocycles. The number of nitrogens with zero attached hydrogens (tertiary/aromatic N) is 2. The molecular weight excluding hydrogens is 350 g/mol. The Balaban J connectivity index is 2.59. The van der Waals surface area contributed by atoms with Gasteiger partial charge in [-0.15, -0.1) is 23.2 Å². The van der Waals surface area contributed by atoms with Crippen molar-refractivity contribution in [2.75, 3.05) is 24.8 Å². The van der Waals surface area contributed by atoms with Crippen LogP contribution in [-0.4, -0.2) is 34.8 Å². The maximum absolute atomic E-state index is 12.3. The first-order chi connectivity index (χ1) is 9.50. The van der Waals surface area contributed by atoms with E-state index in [1.54, 1.807) is 0 Å². The van der Waals surface area contributed by atoms with Crippen LogP contribution in [0.2, 0.25) is 0 Å². The van der Waals surface area contributed by atoms with Gasteiger partial charge in [-0.05, 0) is 21.2 Å². The van der Waals surface area contributed by atoms with Crippen LogP contribution in [0, 0.1) is 10.1 Å². The minimum Gasteiger partial charge on any atom is -0.357 e. The minimum absolute atomic E-state index is 0.0621. The molecule has 2 N–H and O–H groups in total. The largest absolute Gasteiger partial charge is 0.423 e. The molecule has 12 heteroatoms. The van der Waals surface area contributed by atoms with E-state index < -0.39 is 12.6 Å². The standard InChI is InChI=1S/C8H13Cl2N4O4PS/c9-1-3-12-19(17,13-4-2-10)18-6-7-5-11-8(20-7)14(15)16/h5H,1-4,6H2,(H2,12,13,17). The number of hydrogen-bond donors (Lipinski definition) is 2. The van der Waals surface area contributed by atoms with Gasteiger partial charge in [0.05, 0.1) is 11.5 Å². The van der Waals surface area contributed by atoms with Gasteiger partial charge in [0.2, 0.25) is 0 Å². The molecule has 20 heavy (non-hydrogen) atoms. The third-order valence-corrected chi connectivity index (χ3v) is 4.99. The summed E-state index contributed by atoms with van der Waals surface area (Å²) in [5.74, 6) is 0.532. The Morgan fingerprint density at radius 1 is 1.40 bits per heavy atom. The molecule has 0 aromatic carbocycles. The zero-order valence-electron chi connectivity index (χ0n) is 10.3. The number of aromatic nitrogens is 1. The van der Waals surface area contributed by atoms with Crippen molar-refractivity contribution >= 4 is 47.3 Å². The molecule has 0 aliphatic carbocycles. The molecule has 0 saturated heterocycles. The Kier molecular flexibility index (Phi) is 7.90. The first kappa shape index (κ1) is 17.8. The average molecular weight is 363 g/mol. The van der Waals surface area contributed by atoms with Crippen molar-refractivity contribution in [3.8, 4) is 0 Å². The van der Waals surface area contributed by atoms with Crippen LogP contribution in [0.1, 0.15) is 4.88 Å². The van der Waals surface area contributed by atoms with E-state index in [-0.39, 0.29) is 36.6 Å². The second-order valence-electron chi connectivity index (χ2n) is 3.39. The predicted molar refractivity (Wildman–Crippen MR) is 78.6 cm³/mol. The van der Waals surface area contributed by atoms with Gasteiger partial charge in [-0.2, -0.15) is 0 Å². The van der Waals surface area contributed by atoms with Gasteiger partial charge >= 0.3 is 12.8 Å². The number of halogens is 2. The lowest BCUT2D eigenvalue weighted by Gasteiger charge is -2.19. The summed E-state index contributed by atoms with van der Waals surface area (Å²) in [6.07, 6.45) is 1.32. The summed E-state index contributed by atoms with van der Waals surface area (Å²) in [4.78, 5) is 14.0. The maximum atomic E-state index is 12.3. The van der Waals surface area contributed by atoms with Crippen LogP contribution >= 0.6 is 42.2 Å². The number of rotatable bonds is 10. The Morgan fingerprint density at radius 2 is 2.00 bits per heavy atom. The van der Waals surface area contributed by atoms with Crippen molar-refractivity contribution in [1.82, 2.24) is 15.2 Å². The summed E-state index contributed by atoms with van der Waals surface area (Å²) in [5, 5.41) is 15.6. The van der Waals surface area contributed by atoms with Gasteiger partial charge in [-0.3, -0.25) is 4.57 Å². The minimum atomic E-state index is -3.29. The van der Waals surface area contributed by atoms with E-state index in [0.717, 1.165) is 11.3 Å². The molecule has 114 valence electrons. The Bertz CT molecular complexity index is 477. The van der Waals surface area contributed by atoms with Crippen LogP contribution in [-0.2, 0) is 15.7 Å². The molecular formula is C8H13Cl2N4O4PS. The average Bonchev–Trinajstić information content (AvgIpc) is 2.90. The summed E-state index contributed by atoms with van der Waals surface area (Å²) in [6, 6.07) is 0. The summed E-state index contributed by atoms with van der Waals surface area (Å²) in [6.45, 7) is 0.515. The zero-order valence-corrected chi connectivity index (χ0v) is 13.5. The lowest BCUT2D eigenvalue weighted by molar-refractivity contribution is -0.384. The van der Waals surface area contributed by atoms with Gasteiger partial charge in [0.15, 0.2) is 6.20 Å². The van der Waals surface area contributed by atoms with Crippen molar-refractivity contribution in [1.29, 1.82) is 0 Å². The summed E-state index contributed by atoms with van der Waals surface area (Å²) in [7, 11) is -3.29. The maximum Gasteiger partial charge on any atom is 0.423 e. The number of hydrogen-bond acceptors (Lipinski definition) is 6. The van der Waals surface area contributed by atoms with E-state index in [4.69, 9.17) is 27.7 Å². The van der Waals surface area contributed by atoms with Crippen LogP contribution in [0.15, 0.2) is 6.20 Å². The van der Waals surface area contributed by atoms with Crippen molar-refractivity contribution in [2.45, 2.75) is 6.61 Å². The van der Waals surface area contributed by atoms with E-state index in [1.807, 2.05) is 0 Å². The number of nitro groups is 1. The molecule has 0 aliphatic heterocycles. The summed E-state index contributed by atoms with van der Waals surface area (Å²) in [5.41, 5.74) is 0. The lowest BCUT2D eigenvalue weighted by Crippen LogP contribution is -2.26. The van der Waals surface area contributed by atoms with Crippen molar-refractivity contribution in [2.24, 2.45) is 0 Å². The Labute approximate surface area is 129 Å². The van der Waals surface area contributed by atoms with Crippen LogP contribution in [0.25, 0.3) is 0 Å². The number of alkyl halides is 2. The van der Waals surface area contributed by atoms with E-state index in [9.17, 15) is 14.7 Å². The predicted octanol–water partition coefficient (Wildman–Crippen LogP) is 2.33. The molecule has 1 heterocycles. The van der Waals surface area contributed by atoms with Crippen LogP contribution in [0.5, 0.6) is 0 Å². The molecule has 1 rings (SSSR count). The molecule has 0 aliphatic rings. The Morgan fingerprint density at radius 3 is 2.45 bits per heavy atom. The van der Waals surface area contributed by atoms with Crippen LogP contribution < -0.4 is 10.2 Å². The fourth-order valence-corrected chi connectivity index (χ4v) is 3.73. The molecule has 0 amide bonds. The van der Waals surface area contributed by atoms with Gasteiger partial charge in [-0.25, -0.2) is 10.2 Å². The van der Waals surface area contributed by atoms with Crippen molar-refractivity contribution in [3.05, 3.63) is 21.2 Å². The second-order valence-corrected chi connectivity index (χ2v) is 7.23. The highest BCUT2D eigenvalue weighted by atomic mass is 35.5. The van der Waals surface area contributed by atoms with Gasteiger partial charge < -0.3 is 14.6 Å². The van der Waals surface area contributed by atoms with Crippen LogP contribution in [0.3, 0.4) is 0 Å². The van der Waals surface area contributed by atoms with E-state index in [1.165, 1.54) is 6.20 Å². The fourth-order valence-electron chi connectivity index (χ4n) is 1.13. The number of thiazole rings is 1.